The van der Waals surface area contributed by atoms with Crippen LogP contribution in [0.3, 0.4) is 0 Å². The minimum absolute atomic E-state index is 0.876. The Kier molecular flexibility index (Phi) is 2.18. The average Bonchev–Trinajstić information content (AvgIpc) is 2.76. The van der Waals surface area contributed by atoms with Crippen LogP contribution in [0.2, 0.25) is 0 Å². The van der Waals surface area contributed by atoms with Crippen LogP contribution in [0.25, 0.3) is 16.9 Å². The zero-order valence-corrected chi connectivity index (χ0v) is 9.88. The number of fused-ring (bicyclic) bond motifs is 1. The molecule has 0 spiro atoms. The molecule has 2 aromatic heterocycles. The van der Waals surface area contributed by atoms with E-state index in [9.17, 15) is 0 Å². The molecule has 0 unspecified atom stereocenters. The summed E-state index contributed by atoms with van der Waals surface area (Å²) in [6.07, 6.45) is 7.47. The molecule has 0 fully saturated rings. The maximum atomic E-state index is 4.55. The van der Waals surface area contributed by atoms with Crippen molar-refractivity contribution in [2.24, 2.45) is 0 Å². The first-order valence-electron chi connectivity index (χ1n) is 5.60. The number of aryl methyl sites for hydroxylation is 2. The summed E-state index contributed by atoms with van der Waals surface area (Å²) in [5.74, 6) is 0. The summed E-state index contributed by atoms with van der Waals surface area (Å²) >= 11 is 0. The van der Waals surface area contributed by atoms with Gasteiger partial charge >= 0.3 is 0 Å². The van der Waals surface area contributed by atoms with Crippen LogP contribution in [-0.4, -0.2) is 14.4 Å². The second kappa shape index (κ2) is 3.70. The molecule has 0 aliphatic heterocycles. The highest BCUT2D eigenvalue weighted by Gasteiger charge is 2.04. The maximum absolute atomic E-state index is 4.55. The molecule has 0 aliphatic carbocycles. The summed E-state index contributed by atoms with van der Waals surface area (Å²) in [6, 6.07) is 6.41. The molecular formula is C14H13N3. The zero-order valence-electron chi connectivity index (χ0n) is 9.88. The first-order chi connectivity index (χ1) is 8.24. The first-order valence-corrected chi connectivity index (χ1v) is 5.60. The Morgan fingerprint density at radius 2 is 2.00 bits per heavy atom. The van der Waals surface area contributed by atoms with Crippen LogP contribution in [0, 0.1) is 13.8 Å². The molecule has 3 nitrogen and oxygen atoms in total. The number of hydrogen-bond acceptors (Lipinski definition) is 2. The number of aromatic nitrogens is 3. The SMILES string of the molecule is Cc1ccc(-c2cn3ccncc3n2)cc1C. The number of imidazole rings is 1. The molecule has 17 heavy (non-hydrogen) atoms. The van der Waals surface area contributed by atoms with Gasteiger partial charge in [0.25, 0.3) is 0 Å². The van der Waals surface area contributed by atoms with Crippen LogP contribution in [0.4, 0.5) is 0 Å². The molecule has 0 atom stereocenters. The van der Waals surface area contributed by atoms with Crippen LogP contribution < -0.4 is 0 Å². The topological polar surface area (TPSA) is 30.2 Å². The van der Waals surface area contributed by atoms with Crippen molar-refractivity contribution in [3.63, 3.8) is 0 Å². The van der Waals surface area contributed by atoms with E-state index >= 15 is 0 Å². The molecule has 3 aromatic rings. The van der Waals surface area contributed by atoms with Gasteiger partial charge in [-0.15, -0.1) is 0 Å². The molecule has 0 aliphatic rings. The van der Waals surface area contributed by atoms with Crippen molar-refractivity contribution in [3.8, 4) is 11.3 Å². The summed E-state index contributed by atoms with van der Waals surface area (Å²) in [6.45, 7) is 4.24. The van der Waals surface area contributed by atoms with Gasteiger partial charge in [-0.05, 0) is 31.0 Å². The predicted molar refractivity (Wildman–Crippen MR) is 67.9 cm³/mol. The number of hydrogen-bond donors (Lipinski definition) is 0. The zero-order chi connectivity index (χ0) is 11.8. The van der Waals surface area contributed by atoms with E-state index in [1.807, 2.05) is 16.8 Å². The Morgan fingerprint density at radius 3 is 2.76 bits per heavy atom. The Balaban J connectivity index is 2.17. The Labute approximate surface area is 99.8 Å². The molecule has 2 heterocycles. The fourth-order valence-corrected chi connectivity index (χ4v) is 1.88. The minimum Gasteiger partial charge on any atom is -0.304 e. The molecule has 0 radical (unpaired) electrons. The fourth-order valence-electron chi connectivity index (χ4n) is 1.88. The molecule has 3 heteroatoms. The third kappa shape index (κ3) is 1.69. The molecule has 3 rings (SSSR count). The minimum atomic E-state index is 0.876. The van der Waals surface area contributed by atoms with Gasteiger partial charge in [0.05, 0.1) is 11.9 Å². The molecule has 0 saturated carbocycles. The summed E-state index contributed by atoms with van der Waals surface area (Å²) in [4.78, 5) is 8.62. The largest absolute Gasteiger partial charge is 0.304 e. The van der Waals surface area contributed by atoms with Crippen molar-refractivity contribution < 1.29 is 0 Å². The lowest BCUT2D eigenvalue weighted by molar-refractivity contribution is 1.13. The number of rotatable bonds is 1. The normalized spacial score (nSPS) is 10.9. The van der Waals surface area contributed by atoms with Gasteiger partial charge in [0.15, 0.2) is 5.65 Å². The third-order valence-electron chi connectivity index (χ3n) is 3.07. The standard InChI is InChI=1S/C14H13N3/c1-10-3-4-12(7-11(10)2)13-9-17-6-5-15-8-14(17)16-13/h3-9H,1-2H3. The second-order valence-corrected chi connectivity index (χ2v) is 4.27. The third-order valence-corrected chi connectivity index (χ3v) is 3.07. The van der Waals surface area contributed by atoms with E-state index in [2.05, 4.69) is 42.0 Å². The molecule has 0 N–H and O–H groups in total. The second-order valence-electron chi connectivity index (χ2n) is 4.27. The van der Waals surface area contributed by atoms with Gasteiger partial charge in [-0.3, -0.25) is 4.98 Å². The van der Waals surface area contributed by atoms with Gasteiger partial charge in [-0.2, -0.15) is 0 Å². The monoisotopic (exact) mass is 223 g/mol. The van der Waals surface area contributed by atoms with E-state index in [4.69, 9.17) is 0 Å². The molecule has 0 bridgehead atoms. The Bertz CT molecular complexity index is 650. The highest BCUT2D eigenvalue weighted by atomic mass is 15.0. The van der Waals surface area contributed by atoms with Gasteiger partial charge in [0.2, 0.25) is 0 Å². The summed E-state index contributed by atoms with van der Waals surface area (Å²) < 4.78 is 1.98. The quantitative estimate of drug-likeness (QED) is 0.634. The van der Waals surface area contributed by atoms with Crippen LogP contribution in [0.15, 0.2) is 43.0 Å². The lowest BCUT2D eigenvalue weighted by Gasteiger charge is -2.01. The van der Waals surface area contributed by atoms with Gasteiger partial charge < -0.3 is 4.40 Å². The van der Waals surface area contributed by atoms with Gasteiger partial charge in [0.1, 0.15) is 0 Å². The summed E-state index contributed by atoms with van der Waals surface area (Å²) in [5, 5.41) is 0. The van der Waals surface area contributed by atoms with Crippen molar-refractivity contribution in [1.82, 2.24) is 14.4 Å². The predicted octanol–water partition coefficient (Wildman–Crippen LogP) is 3.01. The smallest absolute Gasteiger partial charge is 0.155 e. The van der Waals surface area contributed by atoms with Crippen molar-refractivity contribution in [1.29, 1.82) is 0 Å². The van der Waals surface area contributed by atoms with E-state index < -0.39 is 0 Å². The molecule has 0 amide bonds. The highest BCUT2D eigenvalue weighted by Crippen LogP contribution is 2.21. The maximum Gasteiger partial charge on any atom is 0.155 e. The van der Waals surface area contributed by atoms with Gasteiger partial charge in [-0.1, -0.05) is 12.1 Å². The van der Waals surface area contributed by atoms with Crippen molar-refractivity contribution in [2.45, 2.75) is 13.8 Å². The van der Waals surface area contributed by atoms with Crippen molar-refractivity contribution >= 4 is 5.65 Å². The van der Waals surface area contributed by atoms with E-state index in [-0.39, 0.29) is 0 Å². The number of nitrogens with zero attached hydrogens (tertiary/aromatic N) is 3. The van der Waals surface area contributed by atoms with E-state index in [0.717, 1.165) is 16.9 Å². The number of benzene rings is 1. The summed E-state index contributed by atoms with van der Waals surface area (Å²) in [5.41, 5.74) is 5.61. The Morgan fingerprint density at radius 1 is 1.12 bits per heavy atom. The van der Waals surface area contributed by atoms with Crippen LogP contribution in [-0.2, 0) is 0 Å². The molecular weight excluding hydrogens is 210 g/mol. The fraction of sp³-hybridized carbons (Fsp3) is 0.143. The van der Waals surface area contributed by atoms with Gasteiger partial charge in [-0.25, -0.2) is 4.98 Å². The Hall–Kier alpha value is -2.16. The van der Waals surface area contributed by atoms with Crippen LogP contribution in [0.1, 0.15) is 11.1 Å². The highest BCUT2D eigenvalue weighted by molar-refractivity contribution is 5.63. The summed E-state index contributed by atoms with van der Waals surface area (Å²) in [7, 11) is 0. The van der Waals surface area contributed by atoms with Crippen molar-refractivity contribution in [2.75, 3.05) is 0 Å². The van der Waals surface area contributed by atoms with Crippen molar-refractivity contribution in [3.05, 3.63) is 54.1 Å². The van der Waals surface area contributed by atoms with E-state index in [0.29, 0.717) is 0 Å². The molecule has 84 valence electrons. The van der Waals surface area contributed by atoms with Crippen LogP contribution >= 0.6 is 0 Å². The lowest BCUT2D eigenvalue weighted by atomic mass is 10.1. The average molecular weight is 223 g/mol. The molecule has 0 saturated heterocycles. The molecule has 1 aromatic carbocycles. The van der Waals surface area contributed by atoms with Gasteiger partial charge in [0, 0.05) is 24.2 Å². The first kappa shape index (κ1) is 10.0. The van der Waals surface area contributed by atoms with E-state index in [1.165, 1.54) is 11.1 Å². The lowest BCUT2D eigenvalue weighted by Crippen LogP contribution is -1.83. The van der Waals surface area contributed by atoms with Crippen LogP contribution in [0.5, 0.6) is 0 Å². The van der Waals surface area contributed by atoms with E-state index in [1.54, 1.807) is 12.4 Å².